The van der Waals surface area contributed by atoms with E-state index in [1.54, 1.807) is 0 Å². The summed E-state index contributed by atoms with van der Waals surface area (Å²) in [5.74, 6) is -0.973. The molecule has 24 heavy (non-hydrogen) atoms. The van der Waals surface area contributed by atoms with Crippen molar-refractivity contribution in [3.8, 4) is 0 Å². The fourth-order valence-corrected chi connectivity index (χ4v) is 3.09. The van der Waals surface area contributed by atoms with Crippen LogP contribution in [0.25, 0.3) is 10.9 Å². The van der Waals surface area contributed by atoms with Crippen molar-refractivity contribution in [2.75, 3.05) is 0 Å². The minimum absolute atomic E-state index is 0.312. The molecule has 0 aliphatic heterocycles. The zero-order chi connectivity index (χ0) is 17.1. The summed E-state index contributed by atoms with van der Waals surface area (Å²) in [6.45, 7) is 0.684. The lowest BCUT2D eigenvalue weighted by atomic mass is 10.1. The average molecular weight is 363 g/mol. The van der Waals surface area contributed by atoms with Gasteiger partial charge in [0.15, 0.2) is 0 Å². The highest BCUT2D eigenvalue weighted by atomic mass is 35.5. The zero-order valence-electron chi connectivity index (χ0n) is 12.7. The molecule has 0 spiro atoms. The van der Waals surface area contributed by atoms with E-state index in [0.29, 0.717) is 18.0 Å². The first kappa shape index (κ1) is 16.8. The smallest absolute Gasteiger partial charge is 0.322 e. The molecule has 0 fully saturated rings. The Morgan fingerprint density at radius 2 is 1.88 bits per heavy atom. The van der Waals surface area contributed by atoms with Gasteiger partial charge in [0.1, 0.15) is 6.04 Å². The van der Waals surface area contributed by atoms with E-state index < -0.39 is 12.0 Å². The first-order valence-electron chi connectivity index (χ1n) is 7.48. The van der Waals surface area contributed by atoms with E-state index in [1.807, 2.05) is 54.7 Å². The number of carbonyl (C=O) groups is 1. The van der Waals surface area contributed by atoms with Crippen molar-refractivity contribution in [3.05, 3.63) is 70.9 Å². The number of carboxylic acid groups (broad SMARTS) is 1. The minimum Gasteiger partial charge on any atom is -0.480 e. The Hall–Kier alpha value is -2.01. The molecule has 124 valence electrons. The second-order valence-electron chi connectivity index (χ2n) is 5.63. The van der Waals surface area contributed by atoms with Crippen LogP contribution in [0.3, 0.4) is 0 Å². The van der Waals surface area contributed by atoms with Crippen LogP contribution in [0.2, 0.25) is 5.02 Å². The number of rotatable bonds is 6. The van der Waals surface area contributed by atoms with Crippen LogP contribution in [0, 0.1) is 0 Å². The van der Waals surface area contributed by atoms with Crippen LogP contribution >= 0.6 is 23.4 Å². The molecule has 0 radical (unpaired) electrons. The van der Waals surface area contributed by atoms with E-state index >= 15 is 0 Å². The molecule has 0 bridgehead atoms. The Bertz CT molecular complexity index is 859. The maximum absolute atomic E-state index is 11.2. The van der Waals surface area contributed by atoms with Gasteiger partial charge in [-0.2, -0.15) is 0 Å². The van der Waals surface area contributed by atoms with E-state index in [9.17, 15) is 9.90 Å². The van der Waals surface area contributed by atoms with Crippen molar-refractivity contribution in [2.24, 2.45) is 0 Å². The highest BCUT2D eigenvalue weighted by Crippen LogP contribution is 2.24. The van der Waals surface area contributed by atoms with Crippen LogP contribution in [0.1, 0.15) is 11.1 Å². The van der Waals surface area contributed by atoms with Crippen molar-refractivity contribution in [2.45, 2.75) is 19.0 Å². The molecule has 1 unspecified atom stereocenters. The first-order valence-corrected chi connectivity index (χ1v) is 8.24. The van der Waals surface area contributed by atoms with Gasteiger partial charge in [0.2, 0.25) is 0 Å². The van der Waals surface area contributed by atoms with E-state index in [4.69, 9.17) is 23.4 Å². The lowest BCUT2D eigenvalue weighted by Gasteiger charge is -2.08. The lowest BCUT2D eigenvalue weighted by molar-refractivity contribution is -0.138. The summed E-state index contributed by atoms with van der Waals surface area (Å²) in [6, 6.07) is 14.8. The molecule has 1 aromatic heterocycles. The van der Waals surface area contributed by atoms with Gasteiger partial charge in [-0.25, -0.2) is 4.84 Å². The van der Waals surface area contributed by atoms with Gasteiger partial charge in [-0.05, 0) is 41.1 Å². The van der Waals surface area contributed by atoms with E-state index in [2.05, 4.69) is 9.40 Å². The number of nitrogens with zero attached hydrogens (tertiary/aromatic N) is 1. The summed E-state index contributed by atoms with van der Waals surface area (Å²) < 4.78 is 2.11. The molecule has 0 saturated carbocycles. The molecule has 4 nitrogen and oxygen atoms in total. The number of para-hydroxylation sites is 1. The Balaban J connectivity index is 1.96. The van der Waals surface area contributed by atoms with Gasteiger partial charge in [0.25, 0.3) is 0 Å². The normalized spacial score (nSPS) is 12.4. The van der Waals surface area contributed by atoms with Crippen molar-refractivity contribution in [1.29, 1.82) is 0 Å². The average Bonchev–Trinajstić information content (AvgIpc) is 2.92. The fraction of sp³-hybridized carbons (Fsp3) is 0.167. The molecule has 0 aliphatic carbocycles. The molecule has 3 aromatic rings. The molecule has 2 N–H and O–H groups in total. The van der Waals surface area contributed by atoms with Crippen molar-refractivity contribution in [3.63, 3.8) is 0 Å². The van der Waals surface area contributed by atoms with Crippen LogP contribution in [0.5, 0.6) is 0 Å². The molecular formula is C18H16Cl2N2O2. The van der Waals surface area contributed by atoms with E-state index in [-0.39, 0.29) is 0 Å². The third-order valence-electron chi connectivity index (χ3n) is 3.99. The molecule has 0 amide bonds. The van der Waals surface area contributed by atoms with E-state index in [1.165, 1.54) is 0 Å². The minimum atomic E-state index is -0.973. The molecule has 0 aliphatic rings. The van der Waals surface area contributed by atoms with Crippen molar-refractivity contribution in [1.82, 2.24) is 9.40 Å². The molecule has 3 rings (SSSR count). The quantitative estimate of drug-likeness (QED) is 0.649. The summed E-state index contributed by atoms with van der Waals surface area (Å²) in [4.78, 5) is 13.6. The summed E-state index contributed by atoms with van der Waals surface area (Å²) in [5.41, 5.74) is 3.12. The number of benzene rings is 2. The number of hydrogen-bond acceptors (Lipinski definition) is 2. The van der Waals surface area contributed by atoms with Crippen LogP contribution in [-0.4, -0.2) is 21.7 Å². The summed E-state index contributed by atoms with van der Waals surface area (Å²) in [7, 11) is 0. The Kier molecular flexibility index (Phi) is 5.09. The molecule has 1 heterocycles. The van der Waals surface area contributed by atoms with Gasteiger partial charge in [0, 0.05) is 35.1 Å². The van der Waals surface area contributed by atoms with Crippen LogP contribution < -0.4 is 4.84 Å². The number of aromatic nitrogens is 1. The second kappa shape index (κ2) is 7.26. The lowest BCUT2D eigenvalue weighted by Crippen LogP contribution is -2.32. The van der Waals surface area contributed by atoms with Crippen LogP contribution in [-0.2, 0) is 17.8 Å². The Morgan fingerprint density at radius 1 is 1.17 bits per heavy atom. The Morgan fingerprint density at radius 3 is 2.54 bits per heavy atom. The van der Waals surface area contributed by atoms with Gasteiger partial charge in [-0.1, -0.05) is 41.9 Å². The number of fused-ring (bicyclic) bond motifs is 1. The highest BCUT2D eigenvalue weighted by Gasteiger charge is 2.19. The number of hydrogen-bond donors (Lipinski definition) is 2. The Labute approximate surface area is 149 Å². The molecule has 2 aromatic carbocycles. The first-order chi connectivity index (χ1) is 11.6. The van der Waals surface area contributed by atoms with Gasteiger partial charge in [0.05, 0.1) is 0 Å². The monoisotopic (exact) mass is 362 g/mol. The molecular weight excluding hydrogens is 347 g/mol. The van der Waals surface area contributed by atoms with Crippen molar-refractivity contribution < 1.29 is 9.90 Å². The van der Waals surface area contributed by atoms with Gasteiger partial charge in [-0.15, -0.1) is 0 Å². The van der Waals surface area contributed by atoms with E-state index in [0.717, 1.165) is 22.0 Å². The zero-order valence-corrected chi connectivity index (χ0v) is 14.3. The van der Waals surface area contributed by atoms with Gasteiger partial charge < -0.3 is 9.67 Å². The van der Waals surface area contributed by atoms with Gasteiger partial charge in [-0.3, -0.25) is 4.79 Å². The second-order valence-corrected chi connectivity index (χ2v) is 6.28. The molecule has 0 saturated heterocycles. The number of carboxylic acids is 1. The maximum Gasteiger partial charge on any atom is 0.322 e. The third kappa shape index (κ3) is 3.56. The third-order valence-corrected chi connectivity index (χ3v) is 4.51. The SMILES string of the molecule is O=C(O)C(Cc1cn(Cc2ccc(Cl)cc2)c2ccccc12)NCl. The molecule has 6 heteroatoms. The van der Waals surface area contributed by atoms with Gasteiger partial charge >= 0.3 is 5.97 Å². The standard InChI is InChI=1S/C18H16Cl2N2O2/c19-14-7-5-12(6-8-14)10-22-11-13(9-16(21-20)18(23)24)15-3-1-2-4-17(15)22/h1-8,11,16,21H,9-10H2,(H,23,24). The molecule has 1 atom stereocenters. The summed E-state index contributed by atoms with van der Waals surface area (Å²) in [6.07, 6.45) is 2.30. The van der Waals surface area contributed by atoms with Crippen molar-refractivity contribution >= 4 is 40.2 Å². The predicted octanol–water partition coefficient (Wildman–Crippen LogP) is 4.08. The number of halogens is 2. The topological polar surface area (TPSA) is 54.3 Å². The summed E-state index contributed by atoms with van der Waals surface area (Å²) in [5, 5.41) is 10.9. The largest absolute Gasteiger partial charge is 0.480 e. The maximum atomic E-state index is 11.2. The number of nitrogens with one attached hydrogen (secondary N) is 1. The predicted molar refractivity (Wildman–Crippen MR) is 96.6 cm³/mol. The fourth-order valence-electron chi connectivity index (χ4n) is 2.80. The van der Waals surface area contributed by atoms with Crippen LogP contribution in [0.15, 0.2) is 54.7 Å². The van der Waals surface area contributed by atoms with Crippen LogP contribution in [0.4, 0.5) is 0 Å². The number of aliphatic carboxylic acids is 1. The highest BCUT2D eigenvalue weighted by molar-refractivity contribution is 6.30. The summed E-state index contributed by atoms with van der Waals surface area (Å²) >= 11 is 11.5.